The molecule has 194 valence electrons. The van der Waals surface area contributed by atoms with Crippen molar-refractivity contribution in [3.63, 3.8) is 0 Å². The number of fused-ring (bicyclic) bond motifs is 1. The van der Waals surface area contributed by atoms with Gasteiger partial charge in [0, 0.05) is 60.6 Å². The lowest BCUT2D eigenvalue weighted by molar-refractivity contribution is 0.0943. The first-order valence-corrected chi connectivity index (χ1v) is 12.8. The Morgan fingerprint density at radius 3 is 2.62 bits per heavy atom. The second-order valence-electron chi connectivity index (χ2n) is 10.8. The van der Waals surface area contributed by atoms with Crippen LogP contribution in [0.3, 0.4) is 0 Å². The maximum absolute atomic E-state index is 12.9. The predicted molar refractivity (Wildman–Crippen MR) is 150 cm³/mol. The van der Waals surface area contributed by atoms with Crippen LogP contribution in [0.5, 0.6) is 0 Å². The highest BCUT2D eigenvalue weighted by atomic mass is 16.1. The Labute approximate surface area is 219 Å². The Balaban J connectivity index is 1.63. The van der Waals surface area contributed by atoms with Crippen molar-refractivity contribution in [2.24, 2.45) is 0 Å². The Morgan fingerprint density at radius 1 is 1.11 bits per heavy atom. The number of carbonyl (C=O) groups excluding carboxylic acids is 1. The number of hydrogen-bond donors (Lipinski definition) is 3. The van der Waals surface area contributed by atoms with Gasteiger partial charge in [-0.1, -0.05) is 32.9 Å². The van der Waals surface area contributed by atoms with Crippen molar-refractivity contribution >= 4 is 29.0 Å². The number of pyridine rings is 1. The van der Waals surface area contributed by atoms with Gasteiger partial charge in [0.2, 0.25) is 5.95 Å². The van der Waals surface area contributed by atoms with E-state index in [-0.39, 0.29) is 17.4 Å². The quantitative estimate of drug-likeness (QED) is 0.360. The van der Waals surface area contributed by atoms with Crippen LogP contribution >= 0.6 is 0 Å². The molecule has 0 saturated heterocycles. The SMILES string of the molecule is C=CCN1CCc2ccc(Nc3ncc(C(=O)NC(C)C)c(Nc4ccnc(C(C)(C)C)c4)n3)cc2C1. The first-order chi connectivity index (χ1) is 17.6. The normalized spacial score (nSPS) is 13.7. The largest absolute Gasteiger partial charge is 0.350 e. The van der Waals surface area contributed by atoms with Crippen LogP contribution in [0.4, 0.5) is 23.1 Å². The summed E-state index contributed by atoms with van der Waals surface area (Å²) < 4.78 is 0. The molecule has 37 heavy (non-hydrogen) atoms. The van der Waals surface area contributed by atoms with Gasteiger partial charge in [-0.3, -0.25) is 14.7 Å². The summed E-state index contributed by atoms with van der Waals surface area (Å²) in [4.78, 5) is 29.0. The fourth-order valence-electron chi connectivity index (χ4n) is 4.26. The molecule has 0 radical (unpaired) electrons. The number of benzene rings is 1. The monoisotopic (exact) mass is 499 g/mol. The molecule has 0 aliphatic carbocycles. The van der Waals surface area contributed by atoms with E-state index in [1.54, 1.807) is 12.4 Å². The summed E-state index contributed by atoms with van der Waals surface area (Å²) in [6.45, 7) is 16.9. The van der Waals surface area contributed by atoms with E-state index >= 15 is 0 Å². The number of amides is 1. The molecule has 1 aliphatic heterocycles. The third kappa shape index (κ3) is 6.71. The molecule has 8 heteroatoms. The van der Waals surface area contributed by atoms with E-state index in [4.69, 9.17) is 4.98 Å². The van der Waals surface area contributed by atoms with Gasteiger partial charge in [0.1, 0.15) is 11.4 Å². The molecule has 0 spiro atoms. The summed E-state index contributed by atoms with van der Waals surface area (Å²) in [5.74, 6) is 0.606. The molecule has 0 fully saturated rings. The van der Waals surface area contributed by atoms with Crippen molar-refractivity contribution in [1.82, 2.24) is 25.2 Å². The first-order valence-electron chi connectivity index (χ1n) is 12.8. The molecule has 1 aromatic carbocycles. The molecular weight excluding hydrogens is 462 g/mol. The molecule has 1 aliphatic rings. The topological polar surface area (TPSA) is 95.1 Å². The molecule has 3 N–H and O–H groups in total. The summed E-state index contributed by atoms with van der Waals surface area (Å²) >= 11 is 0. The molecule has 3 heterocycles. The zero-order valence-electron chi connectivity index (χ0n) is 22.4. The highest BCUT2D eigenvalue weighted by Crippen LogP contribution is 2.27. The number of carbonyl (C=O) groups is 1. The number of anilines is 4. The van der Waals surface area contributed by atoms with Crippen molar-refractivity contribution in [2.75, 3.05) is 23.7 Å². The Bertz CT molecular complexity index is 1280. The maximum Gasteiger partial charge on any atom is 0.256 e. The number of hydrogen-bond acceptors (Lipinski definition) is 7. The van der Waals surface area contributed by atoms with Crippen LogP contribution in [-0.4, -0.2) is 44.9 Å². The van der Waals surface area contributed by atoms with E-state index in [1.165, 1.54) is 11.1 Å². The smallest absolute Gasteiger partial charge is 0.256 e. The van der Waals surface area contributed by atoms with E-state index in [1.807, 2.05) is 32.1 Å². The molecule has 2 aromatic heterocycles. The minimum atomic E-state index is -0.231. The van der Waals surface area contributed by atoms with Gasteiger partial charge in [0.15, 0.2) is 0 Å². The van der Waals surface area contributed by atoms with Gasteiger partial charge < -0.3 is 16.0 Å². The molecule has 0 saturated carbocycles. The lowest BCUT2D eigenvalue weighted by Gasteiger charge is -2.28. The van der Waals surface area contributed by atoms with Gasteiger partial charge in [-0.25, -0.2) is 4.98 Å². The zero-order chi connectivity index (χ0) is 26.6. The fourth-order valence-corrected chi connectivity index (χ4v) is 4.26. The standard InChI is InChI=1S/C29H37N7O/c1-7-13-36-14-11-20-8-9-22(15-21(20)18-36)34-28-31-17-24(27(37)32-19(2)3)26(35-28)33-23-10-12-30-25(16-23)29(4,5)6/h7-10,12,15-17,19H,1,11,13-14,18H2,2-6H3,(H,32,37)(H2,30,31,33,34,35). The van der Waals surface area contributed by atoms with E-state index < -0.39 is 0 Å². The Morgan fingerprint density at radius 2 is 1.89 bits per heavy atom. The van der Waals surface area contributed by atoms with Crippen molar-refractivity contribution < 1.29 is 4.79 Å². The molecule has 0 unspecified atom stereocenters. The van der Waals surface area contributed by atoms with Gasteiger partial charge in [-0.05, 0) is 55.7 Å². The predicted octanol–water partition coefficient (Wildman–Crippen LogP) is 5.34. The lowest BCUT2D eigenvalue weighted by atomic mass is 9.91. The van der Waals surface area contributed by atoms with Crippen molar-refractivity contribution in [3.8, 4) is 0 Å². The van der Waals surface area contributed by atoms with Gasteiger partial charge in [-0.15, -0.1) is 6.58 Å². The lowest BCUT2D eigenvalue weighted by Crippen LogP contribution is -2.31. The van der Waals surface area contributed by atoms with Crippen LogP contribution in [0.2, 0.25) is 0 Å². The van der Waals surface area contributed by atoms with E-state index in [0.29, 0.717) is 17.3 Å². The first kappa shape index (κ1) is 26.3. The molecule has 3 aromatic rings. The zero-order valence-corrected chi connectivity index (χ0v) is 22.4. The van der Waals surface area contributed by atoms with Crippen LogP contribution in [-0.2, 0) is 18.4 Å². The van der Waals surface area contributed by atoms with Crippen molar-refractivity contribution in [1.29, 1.82) is 0 Å². The number of nitrogens with zero attached hydrogens (tertiary/aromatic N) is 4. The molecule has 8 nitrogen and oxygen atoms in total. The third-order valence-electron chi connectivity index (χ3n) is 6.19. The van der Waals surface area contributed by atoms with Crippen molar-refractivity contribution in [3.05, 3.63) is 77.8 Å². The van der Waals surface area contributed by atoms with Gasteiger partial charge in [-0.2, -0.15) is 4.98 Å². The van der Waals surface area contributed by atoms with Crippen LogP contribution in [0.1, 0.15) is 61.8 Å². The highest BCUT2D eigenvalue weighted by molar-refractivity contribution is 5.99. The summed E-state index contributed by atoms with van der Waals surface area (Å²) in [6.07, 6.45) is 6.29. The minimum absolute atomic E-state index is 0.0114. The fraction of sp³-hybridized carbons (Fsp3) is 0.379. The summed E-state index contributed by atoms with van der Waals surface area (Å²) in [6, 6.07) is 10.2. The Kier molecular flexibility index (Phi) is 7.88. The maximum atomic E-state index is 12.9. The van der Waals surface area contributed by atoms with Crippen LogP contribution in [0, 0.1) is 0 Å². The number of aromatic nitrogens is 3. The van der Waals surface area contributed by atoms with Gasteiger partial charge in [0.05, 0.1) is 0 Å². The van der Waals surface area contributed by atoms with Gasteiger partial charge in [0.25, 0.3) is 5.91 Å². The van der Waals surface area contributed by atoms with Crippen molar-refractivity contribution in [2.45, 2.75) is 59.0 Å². The van der Waals surface area contributed by atoms with E-state index in [2.05, 4.69) is 76.4 Å². The van der Waals surface area contributed by atoms with Crippen LogP contribution in [0.25, 0.3) is 0 Å². The molecule has 4 rings (SSSR count). The van der Waals surface area contributed by atoms with Gasteiger partial charge >= 0.3 is 0 Å². The Hall–Kier alpha value is -3.78. The second-order valence-corrected chi connectivity index (χ2v) is 10.8. The number of rotatable bonds is 8. The van der Waals surface area contributed by atoms with E-state index in [0.717, 1.165) is 43.1 Å². The average Bonchev–Trinajstić information content (AvgIpc) is 2.83. The van der Waals surface area contributed by atoms with Crippen LogP contribution < -0.4 is 16.0 Å². The number of nitrogens with one attached hydrogen (secondary N) is 3. The summed E-state index contributed by atoms with van der Waals surface area (Å²) in [5.41, 5.74) is 5.57. The molecular formula is C29H37N7O. The average molecular weight is 500 g/mol. The second kappa shape index (κ2) is 11.1. The summed E-state index contributed by atoms with van der Waals surface area (Å²) in [5, 5.41) is 9.59. The van der Waals surface area contributed by atoms with E-state index in [9.17, 15) is 4.79 Å². The van der Waals surface area contributed by atoms with Crippen LogP contribution in [0.15, 0.2) is 55.4 Å². The molecule has 0 atom stereocenters. The third-order valence-corrected chi connectivity index (χ3v) is 6.19. The molecule has 1 amide bonds. The highest BCUT2D eigenvalue weighted by Gasteiger charge is 2.20. The minimum Gasteiger partial charge on any atom is -0.350 e. The molecule has 0 bridgehead atoms. The summed E-state index contributed by atoms with van der Waals surface area (Å²) in [7, 11) is 0.